The number of ether oxygens (including phenoxy) is 1. The van der Waals surface area contributed by atoms with E-state index in [0.717, 1.165) is 12.8 Å². The van der Waals surface area contributed by atoms with Crippen LogP contribution in [0.25, 0.3) is 5.53 Å². The summed E-state index contributed by atoms with van der Waals surface area (Å²) in [5.41, 5.74) is 8.21. The maximum Gasteiger partial charge on any atom is 0.331 e. The van der Waals surface area contributed by atoms with Crippen molar-refractivity contribution in [2.45, 2.75) is 76.4 Å². The minimum Gasteiger partial charge on any atom is -0.711 e. The molecule has 0 aliphatic heterocycles. The van der Waals surface area contributed by atoms with Gasteiger partial charge in [0.25, 0.3) is 0 Å². The van der Waals surface area contributed by atoms with Crippen LogP contribution in [0.4, 0.5) is 0 Å². The molecule has 1 N–H and O–H groups in total. The van der Waals surface area contributed by atoms with Gasteiger partial charge in [0.15, 0.2) is 6.04 Å². The normalized spacial score (nSPS) is 25.9. The van der Waals surface area contributed by atoms with Crippen LogP contribution in [0.15, 0.2) is 5.11 Å². The average Bonchev–Trinajstić information content (AvgIpc) is 2.45. The van der Waals surface area contributed by atoms with Gasteiger partial charge >= 0.3 is 5.97 Å². The van der Waals surface area contributed by atoms with Crippen LogP contribution in [-0.4, -0.2) is 29.3 Å². The van der Waals surface area contributed by atoms with Gasteiger partial charge in [-0.05, 0) is 50.9 Å². The first-order valence-electron chi connectivity index (χ1n) is 7.78. The third-order valence-electron chi connectivity index (χ3n) is 5.23. The molecule has 2 aliphatic carbocycles. The zero-order valence-corrected chi connectivity index (χ0v) is 12.3. The molecule has 2 saturated carbocycles. The Morgan fingerprint density at radius 1 is 1.20 bits per heavy atom. The Labute approximate surface area is 120 Å². The first kappa shape index (κ1) is 15.4. The van der Waals surface area contributed by atoms with Gasteiger partial charge in [0.05, 0.1) is 12.2 Å². The van der Waals surface area contributed by atoms with E-state index in [1.807, 2.05) is 0 Å². The largest absolute Gasteiger partial charge is 0.711 e. The van der Waals surface area contributed by atoms with Crippen molar-refractivity contribution in [1.29, 1.82) is 0 Å². The fraction of sp³-hybridized carbons (Fsp3) is 0.933. The molecular formula is C15H25N2O3-. The molecule has 0 radical (unpaired) electrons. The lowest BCUT2D eigenvalue weighted by atomic mass is 9.61. The van der Waals surface area contributed by atoms with E-state index in [2.05, 4.69) is 5.11 Å². The highest BCUT2D eigenvalue weighted by Gasteiger charge is 2.48. The molecule has 2 fully saturated rings. The van der Waals surface area contributed by atoms with Crippen molar-refractivity contribution in [3.63, 3.8) is 0 Å². The van der Waals surface area contributed by atoms with E-state index in [0.29, 0.717) is 18.3 Å². The fourth-order valence-corrected chi connectivity index (χ4v) is 3.88. The molecule has 0 bridgehead atoms. The molecule has 0 amide bonds. The highest BCUT2D eigenvalue weighted by molar-refractivity contribution is 5.77. The molecule has 2 rings (SSSR count). The SMILES string of the molecule is CCOC(=O)C(N=[N-])C1(O)CCC2(CCCCC2)CC1. The van der Waals surface area contributed by atoms with Crippen LogP contribution in [0.1, 0.15) is 64.7 Å². The van der Waals surface area contributed by atoms with Crippen molar-refractivity contribution in [3.05, 3.63) is 5.53 Å². The van der Waals surface area contributed by atoms with Crippen molar-refractivity contribution in [1.82, 2.24) is 0 Å². The topological polar surface area (TPSA) is 81.2 Å². The number of nitrogens with zero attached hydrogens (tertiary/aromatic N) is 2. The third-order valence-corrected chi connectivity index (χ3v) is 5.23. The second kappa shape index (κ2) is 6.20. The van der Waals surface area contributed by atoms with E-state index < -0.39 is 17.6 Å². The second-order valence-electron chi connectivity index (χ2n) is 6.43. The van der Waals surface area contributed by atoms with Crippen molar-refractivity contribution in [2.75, 3.05) is 6.61 Å². The average molecular weight is 281 g/mol. The zero-order valence-electron chi connectivity index (χ0n) is 12.3. The summed E-state index contributed by atoms with van der Waals surface area (Å²) in [5, 5.41) is 13.8. The lowest BCUT2D eigenvalue weighted by Crippen LogP contribution is -2.51. The van der Waals surface area contributed by atoms with Gasteiger partial charge in [-0.3, -0.25) is 0 Å². The second-order valence-corrected chi connectivity index (χ2v) is 6.43. The number of rotatable bonds is 4. The van der Waals surface area contributed by atoms with Gasteiger partial charge in [-0.15, -0.1) is 0 Å². The van der Waals surface area contributed by atoms with Crippen LogP contribution in [0, 0.1) is 5.41 Å². The molecule has 2 aliphatic rings. The first-order chi connectivity index (χ1) is 9.55. The number of hydrogen-bond acceptors (Lipinski definition) is 4. The fourth-order valence-electron chi connectivity index (χ4n) is 3.88. The summed E-state index contributed by atoms with van der Waals surface area (Å²) in [6, 6.07) is -1.16. The summed E-state index contributed by atoms with van der Waals surface area (Å²) in [6.07, 6.45) is 9.15. The molecule has 0 aromatic carbocycles. The molecule has 1 spiro atoms. The van der Waals surface area contributed by atoms with Crippen molar-refractivity contribution in [2.24, 2.45) is 10.5 Å². The highest BCUT2D eigenvalue weighted by Crippen LogP contribution is 2.50. The summed E-state index contributed by atoms with van der Waals surface area (Å²) >= 11 is 0. The zero-order chi connectivity index (χ0) is 14.6. The Balaban J connectivity index is 2.02. The minimum absolute atomic E-state index is 0.227. The Hall–Kier alpha value is -0.970. The van der Waals surface area contributed by atoms with Gasteiger partial charge in [-0.1, -0.05) is 19.3 Å². The van der Waals surface area contributed by atoms with Gasteiger partial charge < -0.3 is 20.5 Å². The van der Waals surface area contributed by atoms with E-state index in [-0.39, 0.29) is 6.61 Å². The predicted octanol–water partition coefficient (Wildman–Crippen LogP) is 3.20. The number of hydrogen-bond donors (Lipinski definition) is 1. The number of aliphatic hydroxyl groups is 1. The molecule has 0 saturated heterocycles. The molecule has 0 aromatic heterocycles. The van der Waals surface area contributed by atoms with Crippen molar-refractivity contribution < 1.29 is 14.6 Å². The number of esters is 1. The van der Waals surface area contributed by atoms with E-state index >= 15 is 0 Å². The molecule has 5 heteroatoms. The van der Waals surface area contributed by atoms with Gasteiger partial charge in [0, 0.05) is 0 Å². The molecule has 114 valence electrons. The smallest absolute Gasteiger partial charge is 0.331 e. The highest BCUT2D eigenvalue weighted by atomic mass is 16.5. The predicted molar refractivity (Wildman–Crippen MR) is 75.1 cm³/mol. The first-order valence-corrected chi connectivity index (χ1v) is 7.78. The Bertz CT molecular complexity index is 354. The molecule has 1 unspecified atom stereocenters. The van der Waals surface area contributed by atoms with Gasteiger partial charge in [0.1, 0.15) is 0 Å². The summed E-state index contributed by atoms with van der Waals surface area (Å²) in [6.45, 7) is 1.93. The van der Waals surface area contributed by atoms with Gasteiger partial charge in [0.2, 0.25) is 0 Å². The molecule has 0 heterocycles. The van der Waals surface area contributed by atoms with Gasteiger partial charge in [-0.25, -0.2) is 4.79 Å². The van der Waals surface area contributed by atoms with Crippen LogP contribution in [0.3, 0.4) is 0 Å². The van der Waals surface area contributed by atoms with Crippen molar-refractivity contribution in [3.8, 4) is 0 Å². The molecule has 20 heavy (non-hydrogen) atoms. The van der Waals surface area contributed by atoms with Crippen molar-refractivity contribution >= 4 is 5.97 Å². The Morgan fingerprint density at radius 3 is 2.30 bits per heavy atom. The molecular weight excluding hydrogens is 256 g/mol. The summed E-state index contributed by atoms with van der Waals surface area (Å²) < 4.78 is 4.90. The lowest BCUT2D eigenvalue weighted by Gasteiger charge is -2.47. The quantitative estimate of drug-likeness (QED) is 0.634. The standard InChI is InChI=1S/C15H25N2O3/c1-2-20-13(18)12(17-16)15(19)10-8-14(9-11-15)6-4-3-5-7-14/h12,19H,2-11H2,1H3/q-1. The summed E-state index contributed by atoms with van der Waals surface area (Å²) in [5.74, 6) is -0.628. The molecule has 5 nitrogen and oxygen atoms in total. The number of carbonyl (C=O) groups excluding carboxylic acids is 1. The van der Waals surface area contributed by atoms with E-state index in [9.17, 15) is 9.90 Å². The van der Waals surface area contributed by atoms with E-state index in [1.165, 1.54) is 32.1 Å². The lowest BCUT2D eigenvalue weighted by molar-refractivity contribution is -0.155. The summed E-state index contributed by atoms with van der Waals surface area (Å²) in [7, 11) is 0. The van der Waals surface area contributed by atoms with E-state index in [4.69, 9.17) is 10.3 Å². The molecule has 1 atom stereocenters. The van der Waals surface area contributed by atoms with Crippen LogP contribution in [0.5, 0.6) is 0 Å². The number of carbonyl (C=O) groups is 1. The van der Waals surface area contributed by atoms with Crippen LogP contribution in [0.2, 0.25) is 0 Å². The maximum atomic E-state index is 11.8. The summed E-state index contributed by atoms with van der Waals surface area (Å²) in [4.78, 5) is 11.8. The van der Waals surface area contributed by atoms with E-state index in [1.54, 1.807) is 6.92 Å². The van der Waals surface area contributed by atoms with Crippen LogP contribution >= 0.6 is 0 Å². The molecule has 0 aromatic rings. The monoisotopic (exact) mass is 281 g/mol. The third kappa shape index (κ3) is 3.03. The van der Waals surface area contributed by atoms with Gasteiger partial charge in [-0.2, -0.15) is 0 Å². The Morgan fingerprint density at radius 2 is 1.80 bits per heavy atom. The Kier molecular flexibility index (Phi) is 4.78. The minimum atomic E-state index is -1.25. The van der Waals surface area contributed by atoms with Crippen LogP contribution < -0.4 is 0 Å². The maximum absolute atomic E-state index is 11.8. The van der Waals surface area contributed by atoms with Crippen LogP contribution in [-0.2, 0) is 9.53 Å².